The fourth-order valence-corrected chi connectivity index (χ4v) is 2.19. The van der Waals surface area contributed by atoms with Crippen molar-refractivity contribution in [3.05, 3.63) is 0 Å². The van der Waals surface area contributed by atoms with E-state index < -0.39 is 5.60 Å². The molecule has 0 aliphatic carbocycles. The summed E-state index contributed by atoms with van der Waals surface area (Å²) in [4.78, 5) is 13.7. The van der Waals surface area contributed by atoms with Gasteiger partial charge in [-0.1, -0.05) is 6.92 Å². The summed E-state index contributed by atoms with van der Waals surface area (Å²) in [6, 6.07) is 0.195. The van der Waals surface area contributed by atoms with Gasteiger partial charge in [-0.2, -0.15) is 0 Å². The van der Waals surface area contributed by atoms with Crippen molar-refractivity contribution in [2.75, 3.05) is 13.1 Å². The van der Waals surface area contributed by atoms with Crippen LogP contribution in [0.2, 0.25) is 0 Å². The smallest absolute Gasteiger partial charge is 0.410 e. The fraction of sp³-hybridized carbons (Fsp3) is 0.923. The Kier molecular flexibility index (Phi) is 4.80. The van der Waals surface area contributed by atoms with Crippen molar-refractivity contribution in [3.63, 3.8) is 0 Å². The van der Waals surface area contributed by atoms with E-state index in [1.54, 1.807) is 4.90 Å². The van der Waals surface area contributed by atoms with Gasteiger partial charge >= 0.3 is 6.09 Å². The highest BCUT2D eigenvalue weighted by Crippen LogP contribution is 2.22. The van der Waals surface area contributed by atoms with Crippen LogP contribution in [-0.2, 0) is 4.74 Å². The molecule has 2 atom stereocenters. The Hall–Kier alpha value is -0.770. The summed E-state index contributed by atoms with van der Waals surface area (Å²) in [5.41, 5.74) is 5.64. The Morgan fingerprint density at radius 2 is 2.18 bits per heavy atom. The minimum absolute atomic E-state index is 0.195. The number of amides is 1. The molecule has 17 heavy (non-hydrogen) atoms. The Morgan fingerprint density at radius 3 is 2.71 bits per heavy atom. The van der Waals surface area contributed by atoms with E-state index in [1.807, 2.05) is 20.8 Å². The molecule has 4 heteroatoms. The second-order valence-electron chi connectivity index (χ2n) is 5.90. The van der Waals surface area contributed by atoms with Gasteiger partial charge in [0.2, 0.25) is 0 Å². The molecule has 0 aromatic carbocycles. The Morgan fingerprint density at radius 1 is 1.53 bits per heavy atom. The molecule has 1 amide bonds. The van der Waals surface area contributed by atoms with Crippen LogP contribution in [0.1, 0.15) is 47.0 Å². The van der Waals surface area contributed by atoms with Crippen molar-refractivity contribution in [2.45, 2.75) is 58.6 Å². The first-order valence-electron chi connectivity index (χ1n) is 6.57. The molecule has 1 heterocycles. The number of nitrogens with two attached hydrogens (primary N) is 1. The van der Waals surface area contributed by atoms with Crippen LogP contribution in [-0.4, -0.2) is 35.7 Å². The van der Waals surface area contributed by atoms with Crippen LogP contribution < -0.4 is 5.73 Å². The largest absolute Gasteiger partial charge is 0.444 e. The quantitative estimate of drug-likeness (QED) is 0.808. The topological polar surface area (TPSA) is 55.6 Å². The van der Waals surface area contributed by atoms with Crippen molar-refractivity contribution in [1.82, 2.24) is 4.90 Å². The average molecular weight is 242 g/mol. The minimum Gasteiger partial charge on any atom is -0.444 e. The van der Waals surface area contributed by atoms with Crippen LogP contribution >= 0.6 is 0 Å². The van der Waals surface area contributed by atoms with Crippen molar-refractivity contribution < 1.29 is 9.53 Å². The number of likely N-dealkylation sites (tertiary alicyclic amines) is 1. The van der Waals surface area contributed by atoms with Crippen molar-refractivity contribution in [3.8, 4) is 0 Å². The molecule has 4 nitrogen and oxygen atoms in total. The highest BCUT2D eigenvalue weighted by molar-refractivity contribution is 5.68. The third kappa shape index (κ3) is 4.54. The molecular formula is C13H26N2O2. The molecule has 0 aromatic rings. The second kappa shape index (κ2) is 5.71. The van der Waals surface area contributed by atoms with Crippen LogP contribution in [0.15, 0.2) is 0 Å². The number of hydrogen-bond donors (Lipinski definition) is 1. The maximum atomic E-state index is 11.9. The van der Waals surface area contributed by atoms with E-state index >= 15 is 0 Å². The summed E-state index contributed by atoms with van der Waals surface area (Å²) < 4.78 is 5.39. The van der Waals surface area contributed by atoms with E-state index in [0.717, 1.165) is 32.4 Å². The van der Waals surface area contributed by atoms with Gasteiger partial charge in [0.1, 0.15) is 5.60 Å². The predicted molar refractivity (Wildman–Crippen MR) is 68.8 cm³/mol. The van der Waals surface area contributed by atoms with Gasteiger partial charge in [0.25, 0.3) is 0 Å². The van der Waals surface area contributed by atoms with E-state index in [4.69, 9.17) is 10.5 Å². The number of rotatable bonds is 2. The van der Waals surface area contributed by atoms with Gasteiger partial charge in [-0.25, -0.2) is 4.79 Å². The predicted octanol–water partition coefficient (Wildman–Crippen LogP) is 2.37. The second-order valence-corrected chi connectivity index (χ2v) is 5.90. The van der Waals surface area contributed by atoms with E-state index in [1.165, 1.54) is 0 Å². The summed E-state index contributed by atoms with van der Waals surface area (Å²) >= 11 is 0. The number of carbonyl (C=O) groups excluding carboxylic acids is 1. The van der Waals surface area contributed by atoms with Crippen LogP contribution in [0.3, 0.4) is 0 Å². The van der Waals surface area contributed by atoms with Gasteiger partial charge in [-0.05, 0) is 46.0 Å². The molecule has 0 bridgehead atoms. The average Bonchev–Trinajstić information content (AvgIpc) is 2.26. The highest BCUT2D eigenvalue weighted by atomic mass is 16.6. The lowest BCUT2D eigenvalue weighted by atomic mass is 9.90. The number of hydrogen-bond acceptors (Lipinski definition) is 3. The molecule has 1 aliphatic heterocycles. The van der Waals surface area contributed by atoms with E-state index in [0.29, 0.717) is 5.92 Å². The molecule has 2 N–H and O–H groups in total. The lowest BCUT2D eigenvalue weighted by Gasteiger charge is -2.36. The minimum atomic E-state index is -0.420. The lowest BCUT2D eigenvalue weighted by molar-refractivity contribution is 0.0152. The third-order valence-corrected chi connectivity index (χ3v) is 3.19. The van der Waals surface area contributed by atoms with Gasteiger partial charge in [0, 0.05) is 19.1 Å². The van der Waals surface area contributed by atoms with E-state index in [9.17, 15) is 4.79 Å². The Labute approximate surface area is 104 Å². The molecule has 1 rings (SSSR count). The fourth-order valence-electron chi connectivity index (χ4n) is 2.19. The van der Waals surface area contributed by atoms with Crippen molar-refractivity contribution in [1.29, 1.82) is 0 Å². The monoisotopic (exact) mass is 242 g/mol. The summed E-state index contributed by atoms with van der Waals surface area (Å²) in [7, 11) is 0. The normalized spacial score (nSPS) is 23.4. The summed E-state index contributed by atoms with van der Waals surface area (Å²) in [5, 5.41) is 0. The number of carbonyl (C=O) groups is 1. The maximum Gasteiger partial charge on any atom is 0.410 e. The van der Waals surface area contributed by atoms with Crippen LogP contribution in [0.25, 0.3) is 0 Å². The molecule has 1 saturated heterocycles. The molecule has 0 spiro atoms. The van der Waals surface area contributed by atoms with Gasteiger partial charge < -0.3 is 15.4 Å². The zero-order chi connectivity index (χ0) is 13.1. The first kappa shape index (κ1) is 14.3. The molecule has 0 radical (unpaired) electrons. The Bertz CT molecular complexity index is 261. The first-order valence-corrected chi connectivity index (χ1v) is 6.57. The standard InChI is InChI=1S/C13H26N2O2/c1-5-11(14)10-7-6-8-15(9-10)12(16)17-13(2,3)4/h10-11H,5-9,14H2,1-4H3/t10-,11+/m1/s1. The molecule has 1 fully saturated rings. The van der Waals surface area contributed by atoms with Crippen LogP contribution in [0, 0.1) is 5.92 Å². The molecule has 1 aliphatic rings. The van der Waals surface area contributed by atoms with Gasteiger partial charge in [0.05, 0.1) is 0 Å². The van der Waals surface area contributed by atoms with Gasteiger partial charge in [0.15, 0.2) is 0 Å². The molecule has 0 saturated carbocycles. The van der Waals surface area contributed by atoms with E-state index in [-0.39, 0.29) is 12.1 Å². The highest BCUT2D eigenvalue weighted by Gasteiger charge is 2.29. The molecular weight excluding hydrogens is 216 g/mol. The van der Waals surface area contributed by atoms with Crippen LogP contribution in [0.5, 0.6) is 0 Å². The SMILES string of the molecule is CC[C@H](N)[C@@H]1CCCN(C(=O)OC(C)(C)C)C1. The number of piperidine rings is 1. The van der Waals surface area contributed by atoms with Crippen LogP contribution in [0.4, 0.5) is 4.79 Å². The molecule has 0 unspecified atom stereocenters. The first-order chi connectivity index (χ1) is 7.83. The van der Waals surface area contributed by atoms with Gasteiger partial charge in [-0.15, -0.1) is 0 Å². The summed E-state index contributed by atoms with van der Waals surface area (Å²) in [5.74, 6) is 0.418. The third-order valence-electron chi connectivity index (χ3n) is 3.19. The molecule has 0 aromatic heterocycles. The lowest BCUT2D eigenvalue weighted by Crippen LogP contribution is -2.47. The van der Waals surface area contributed by atoms with Gasteiger partial charge in [-0.3, -0.25) is 0 Å². The zero-order valence-corrected chi connectivity index (χ0v) is 11.5. The molecule has 100 valence electrons. The summed E-state index contributed by atoms with van der Waals surface area (Å²) in [6.07, 6.45) is 2.91. The number of ether oxygens (including phenoxy) is 1. The number of nitrogens with zero attached hydrogens (tertiary/aromatic N) is 1. The van der Waals surface area contributed by atoms with Crippen molar-refractivity contribution >= 4 is 6.09 Å². The zero-order valence-electron chi connectivity index (χ0n) is 11.5. The summed E-state index contributed by atoms with van der Waals surface area (Å²) in [6.45, 7) is 9.31. The van der Waals surface area contributed by atoms with E-state index in [2.05, 4.69) is 6.92 Å². The Balaban J connectivity index is 2.52. The van der Waals surface area contributed by atoms with Crippen molar-refractivity contribution in [2.24, 2.45) is 11.7 Å². The maximum absolute atomic E-state index is 11.9.